The minimum absolute atomic E-state index is 0.000982. The van der Waals surface area contributed by atoms with E-state index < -0.39 is 120 Å². The third kappa shape index (κ3) is 11.7. The summed E-state index contributed by atoms with van der Waals surface area (Å²) in [4.78, 5) is 85.2. The number of aryl methyl sites for hydroxylation is 1. The number of aromatic nitrogens is 10. The Morgan fingerprint density at radius 1 is 0.821 bits per heavy atom. The predicted molar refractivity (Wildman–Crippen MR) is 264 cm³/mol. The number of hydrogen-bond acceptors (Lipinski definition) is 28. The number of nitrogens with two attached hydrogens (primary N) is 3. The zero-order chi connectivity index (χ0) is 56.2. The van der Waals surface area contributed by atoms with Crippen molar-refractivity contribution < 1.29 is 94.4 Å². The smallest absolute Gasteiger partial charge is 0.487 e. The van der Waals surface area contributed by atoms with E-state index in [4.69, 9.17) is 54.7 Å². The fraction of sp³-hybridized carbons (Fsp3) is 0.590. The number of nitrogens with zero attached hydrogens (tertiary/aromatic N) is 9. The number of H-pyrrole nitrogens is 2. The zero-order valence-electron chi connectivity index (χ0n) is 41.5. The Morgan fingerprint density at radius 3 is 2.21 bits per heavy atom. The van der Waals surface area contributed by atoms with Gasteiger partial charge >= 0.3 is 21.2 Å². The third-order valence-electron chi connectivity index (χ3n) is 13.1. The lowest BCUT2D eigenvalue weighted by atomic mass is 9.99. The van der Waals surface area contributed by atoms with Crippen molar-refractivity contribution in [2.45, 2.75) is 86.4 Å². The summed E-state index contributed by atoms with van der Waals surface area (Å²) >= 11 is 1.02. The van der Waals surface area contributed by atoms with E-state index in [1.165, 1.54) is 58.5 Å². The van der Waals surface area contributed by atoms with Crippen LogP contribution in [0.1, 0.15) is 44.1 Å². The second kappa shape index (κ2) is 22.9. The van der Waals surface area contributed by atoms with Crippen LogP contribution < -0.4 is 37.8 Å². The zero-order valence-corrected chi connectivity index (χ0v) is 45.0. The number of ether oxygens (including phenoxy) is 6. The fourth-order valence-corrected chi connectivity index (χ4v) is 14.1. The first-order valence-electron chi connectivity index (χ1n) is 23.4. The van der Waals surface area contributed by atoms with Crippen LogP contribution in [-0.4, -0.2) is 169 Å². The summed E-state index contributed by atoms with van der Waals surface area (Å²) in [5.74, 6) is -1.43. The first-order valence-corrected chi connectivity index (χ1v) is 28.9. The Hall–Kier alpha value is -4.88. The molecule has 0 spiro atoms. The molecule has 3 unspecified atom stereocenters. The van der Waals surface area contributed by atoms with E-state index in [1.54, 1.807) is 6.21 Å². The predicted octanol–water partition coefficient (Wildman–Crippen LogP) is -2.21. The van der Waals surface area contributed by atoms with Crippen LogP contribution in [0.25, 0.3) is 28.0 Å². The first kappa shape index (κ1) is 57.8. The van der Waals surface area contributed by atoms with Crippen LogP contribution >= 0.6 is 35.2 Å². The van der Waals surface area contributed by atoms with Crippen molar-refractivity contribution in [3.8, 4) is 0 Å². The Kier molecular flexibility index (Phi) is 17.0. The van der Waals surface area contributed by atoms with Crippen LogP contribution in [0.5, 0.6) is 0 Å². The Morgan fingerprint density at radius 2 is 1.49 bits per heavy atom. The van der Waals surface area contributed by atoms with Gasteiger partial charge in [0.05, 0.1) is 75.2 Å². The van der Waals surface area contributed by atoms with Gasteiger partial charge in [0.25, 0.3) is 24.5 Å². The number of aliphatic imine (C=N–C) groups is 1. The van der Waals surface area contributed by atoms with E-state index in [2.05, 4.69) is 43.5 Å². The second-order valence-electron chi connectivity index (χ2n) is 18.0. The molecule has 0 radical (unpaired) electrons. The van der Waals surface area contributed by atoms with Gasteiger partial charge in [-0.05, 0) is 12.0 Å². The van der Waals surface area contributed by atoms with Gasteiger partial charge < -0.3 is 80.1 Å². The number of imidazole rings is 3. The van der Waals surface area contributed by atoms with E-state index >= 15 is 0 Å². The van der Waals surface area contributed by atoms with Gasteiger partial charge in [-0.25, -0.2) is 33.0 Å². The third-order valence-corrected chi connectivity index (χ3v) is 18.5. The number of aliphatic hydroxyl groups is 3. The molecule has 3 fully saturated rings. The topological polar surface area (TPSA) is 494 Å². The molecule has 3 saturated heterocycles. The van der Waals surface area contributed by atoms with E-state index in [0.29, 0.717) is 24.2 Å². The maximum Gasteiger partial charge on any atom is 0.487 e. The summed E-state index contributed by atoms with van der Waals surface area (Å²) in [6.45, 7) is -0.491. The number of rotatable bonds is 22. The van der Waals surface area contributed by atoms with E-state index in [0.717, 1.165) is 17.3 Å². The number of nitrogens with one attached hydrogen (secondary N) is 2. The molecule has 35 nitrogen and oxygen atoms in total. The molecule has 9 heterocycles. The number of allylic oxidation sites excluding steroid dienone is 1. The van der Waals surface area contributed by atoms with Gasteiger partial charge in [-0.3, -0.25) is 37.8 Å². The minimum Gasteiger partial charge on any atom is -0.756 e. The molecule has 13 N–H and O–H groups in total. The van der Waals surface area contributed by atoms with Crippen LogP contribution in [0.3, 0.4) is 0 Å². The average molecular weight is 1180 g/mol. The van der Waals surface area contributed by atoms with Crippen LogP contribution in [0.2, 0.25) is 0 Å². The van der Waals surface area contributed by atoms with Crippen LogP contribution in [0, 0.1) is 5.92 Å². The summed E-state index contributed by atoms with van der Waals surface area (Å²) in [6, 6.07) is 0. The maximum atomic E-state index is 13.4. The van der Waals surface area contributed by atoms with Crippen molar-refractivity contribution in [1.82, 2.24) is 43.6 Å². The number of nitrogen functional groups attached to an aromatic ring is 2. The molecule has 39 heteroatoms. The van der Waals surface area contributed by atoms with Crippen molar-refractivity contribution in [2.24, 2.45) is 23.7 Å². The van der Waals surface area contributed by atoms with Crippen LogP contribution in [-0.2, 0) is 66.8 Å². The van der Waals surface area contributed by atoms with Crippen molar-refractivity contribution in [3.63, 3.8) is 0 Å². The Balaban J connectivity index is 0.860. The highest BCUT2D eigenvalue weighted by Crippen LogP contribution is 2.67. The molecule has 0 bridgehead atoms. The van der Waals surface area contributed by atoms with Gasteiger partial charge in [0.1, 0.15) is 36.2 Å². The van der Waals surface area contributed by atoms with Crippen LogP contribution in [0.4, 0.5) is 17.7 Å². The molecule has 0 amide bonds. The minimum atomic E-state index is -6.12. The highest BCUT2D eigenvalue weighted by molar-refractivity contribution is 7.99. The number of fused-ring (bicyclic) bond motifs is 3. The number of phosphoric ester groups is 2. The quantitative estimate of drug-likeness (QED) is 0.0152. The average Bonchev–Trinajstić information content (AvgIpc) is 4.36. The summed E-state index contributed by atoms with van der Waals surface area (Å²) in [5.41, 5.74) is 18.3. The number of hydrogen-bond donors (Lipinski definition) is 10. The lowest BCUT2D eigenvalue weighted by Gasteiger charge is -2.27. The van der Waals surface area contributed by atoms with Gasteiger partial charge in [-0.1, -0.05) is 6.92 Å². The summed E-state index contributed by atoms with van der Waals surface area (Å²) in [7, 11) is -13.7. The van der Waals surface area contributed by atoms with Crippen molar-refractivity contribution in [2.75, 3.05) is 58.1 Å². The van der Waals surface area contributed by atoms with E-state index in [1.807, 2.05) is 6.92 Å². The van der Waals surface area contributed by atoms with Crippen LogP contribution in [0.15, 0.2) is 39.1 Å². The summed E-state index contributed by atoms with van der Waals surface area (Å²) in [5, 5.41) is 32.3. The number of aromatic amines is 2. The molecule has 5 aromatic heterocycles. The van der Waals surface area contributed by atoms with E-state index in [-0.39, 0.29) is 59.2 Å². The Labute approximate surface area is 443 Å². The van der Waals surface area contributed by atoms with Gasteiger partial charge in [0.2, 0.25) is 24.5 Å². The molecular weight excluding hydrogens is 1130 g/mol. The monoisotopic (exact) mass is 1180 g/mol. The molecule has 428 valence electrons. The van der Waals surface area contributed by atoms with Crippen molar-refractivity contribution >= 4 is 87.2 Å². The lowest BCUT2D eigenvalue weighted by Crippen LogP contribution is -2.35. The highest BCUT2D eigenvalue weighted by atomic mass is 32.2. The number of methoxy groups -OCH3 is 2. The van der Waals surface area contributed by atoms with Crippen molar-refractivity contribution in [1.29, 1.82) is 0 Å². The molecule has 0 aliphatic carbocycles. The van der Waals surface area contributed by atoms with Gasteiger partial charge in [-0.15, -0.1) is 11.8 Å². The normalized spacial score (nSPS) is 29.8. The van der Waals surface area contributed by atoms with E-state index in [9.17, 15) is 53.3 Å². The molecule has 5 aromatic rings. The fourth-order valence-electron chi connectivity index (χ4n) is 9.44. The SMILES string of the molecule is CCC1=C(N)c2ncn([C@@H]3O[C@H](COP(=O)(O)OP(=O)(O)OP(=O)([O-])OC[C@H]4O[C@@H](n5c[n+](C)c6c(=O)[nH]c(N)nc65)[C@H](O)[C@@H]4COC)[C@@H](SCOC[C@H]4O[C@@H](n5cnc6c(=O)[nH]c(N)nc65)[C@H](O)[C@@H]4O)[C@H]3OC)c2N=CC1. The summed E-state index contributed by atoms with van der Waals surface area (Å²) < 4.78 is 98.8. The molecule has 78 heavy (non-hydrogen) atoms. The molecular formula is C39H55N14O21P3S. The molecule has 0 aromatic carbocycles. The number of phosphoric acid groups is 3. The highest BCUT2D eigenvalue weighted by Gasteiger charge is 2.52. The number of thioether (sulfide) groups is 1. The number of aliphatic hydroxyl groups excluding tert-OH is 3. The molecule has 15 atom stereocenters. The van der Waals surface area contributed by atoms with Gasteiger partial charge in [-0.2, -0.15) is 18.8 Å². The molecule has 0 saturated carbocycles. The van der Waals surface area contributed by atoms with Crippen molar-refractivity contribution in [3.05, 3.63) is 51.0 Å². The molecule has 4 aliphatic rings. The Bertz CT molecular complexity index is 3370. The maximum absolute atomic E-state index is 13.4. The molecule has 9 rings (SSSR count). The number of anilines is 2. The van der Waals surface area contributed by atoms with Gasteiger partial charge in [0, 0.05) is 32.8 Å². The van der Waals surface area contributed by atoms with Gasteiger partial charge in [0.15, 0.2) is 29.4 Å². The summed E-state index contributed by atoms with van der Waals surface area (Å²) in [6.07, 6.45) is -6.25. The standard InChI is InChI=1S/C39H55N14O21P3S/c1-5-16-6-7-43-30-22(21(16)40)44-12-51(30)37-28(66-4)29(78-15-67-9-19-26(55)27(56)36(71-19)52-13-45-23-31(52)46-38(41)48-33(23)57)20(72-37)11-69-76(61,62)74-77(63,64)73-75(59,60)68-10-18-17(8-65-3)25(54)35(70-18)53-14-50(2)24-32(53)47-39(42)49-34(24)58/h7,12-14,17-20,25-29,35-37,54-56H,5-6,8-11,15,40H2,1-4H3,(H8-,41,42,46,47,48,49,57,58,59,60,61,62,63,64)/t17-,18-,19-,20-,25-,26-,27-,28-,29-,35-,36-,37-/m1/s1. The largest absolute Gasteiger partial charge is 0.756 e. The second-order valence-corrected chi connectivity index (χ2v) is 23.7. The molecule has 4 aliphatic heterocycles. The first-order chi connectivity index (χ1) is 36.9. The lowest BCUT2D eigenvalue weighted by molar-refractivity contribution is -0.646.